The number of aromatic nitrogens is 2. The van der Waals surface area contributed by atoms with E-state index in [0.29, 0.717) is 29.0 Å². The lowest BCUT2D eigenvalue weighted by molar-refractivity contribution is 0.326. The first kappa shape index (κ1) is 19.5. The first-order valence-corrected chi connectivity index (χ1v) is 8.80. The van der Waals surface area contributed by atoms with Crippen LogP contribution in [0.3, 0.4) is 0 Å². The molecule has 0 aliphatic heterocycles. The predicted octanol–water partition coefficient (Wildman–Crippen LogP) is 5.06. The van der Waals surface area contributed by atoms with E-state index in [1.807, 2.05) is 36.4 Å². The van der Waals surface area contributed by atoms with Crippen molar-refractivity contribution in [3.8, 4) is 28.6 Å². The summed E-state index contributed by atoms with van der Waals surface area (Å²) in [4.78, 5) is 4.35. The predicted molar refractivity (Wildman–Crippen MR) is 109 cm³/mol. The molecule has 0 saturated carbocycles. The summed E-state index contributed by atoms with van der Waals surface area (Å²) in [5, 5.41) is 4.29. The molecule has 7 heteroatoms. The van der Waals surface area contributed by atoms with E-state index in [1.165, 1.54) is 0 Å². The van der Waals surface area contributed by atoms with Gasteiger partial charge in [0, 0.05) is 5.56 Å². The topological polar surface area (TPSA) is 66.6 Å². The van der Waals surface area contributed by atoms with Crippen molar-refractivity contribution in [2.24, 2.45) is 0 Å². The van der Waals surface area contributed by atoms with Crippen LogP contribution in [-0.2, 0) is 0 Å². The number of methoxy groups -OCH3 is 2. The highest BCUT2D eigenvalue weighted by Gasteiger charge is 2.12. The Morgan fingerprint density at radius 2 is 1.89 bits per heavy atom. The molecule has 0 bridgehead atoms. The minimum absolute atomic E-state index is 0.221. The Labute approximate surface area is 168 Å². The van der Waals surface area contributed by atoms with E-state index in [4.69, 9.17) is 30.3 Å². The molecule has 0 unspecified atom stereocenters. The van der Waals surface area contributed by atoms with Crippen molar-refractivity contribution in [2.45, 2.75) is 0 Å². The average molecular weight is 399 g/mol. The van der Waals surface area contributed by atoms with E-state index >= 15 is 0 Å². The van der Waals surface area contributed by atoms with Crippen molar-refractivity contribution in [3.63, 3.8) is 0 Å². The number of hydrogen-bond donors (Lipinski definition) is 0. The molecular weight excluding hydrogens is 380 g/mol. The molecule has 0 radical (unpaired) electrons. The molecule has 2 aromatic carbocycles. The Kier molecular flexibility index (Phi) is 6.34. The number of hydrogen-bond acceptors (Lipinski definition) is 6. The zero-order valence-corrected chi connectivity index (χ0v) is 16.3. The zero-order valence-electron chi connectivity index (χ0n) is 15.5. The van der Waals surface area contributed by atoms with Crippen LogP contribution < -0.4 is 14.2 Å². The zero-order chi connectivity index (χ0) is 19.9. The van der Waals surface area contributed by atoms with E-state index < -0.39 is 0 Å². The number of rotatable bonds is 8. The summed E-state index contributed by atoms with van der Waals surface area (Å²) in [6.45, 7) is 4.02. The largest absolute Gasteiger partial charge is 0.497 e. The second kappa shape index (κ2) is 9.10. The molecule has 0 atom stereocenters. The lowest BCUT2D eigenvalue weighted by Crippen LogP contribution is -1.96. The fourth-order valence-corrected chi connectivity index (χ4v) is 2.63. The third-order valence-corrected chi connectivity index (χ3v) is 4.09. The summed E-state index contributed by atoms with van der Waals surface area (Å²) >= 11 is 6.37. The molecule has 1 heterocycles. The van der Waals surface area contributed by atoms with E-state index in [1.54, 1.807) is 32.4 Å². The van der Waals surface area contributed by atoms with E-state index in [2.05, 4.69) is 16.7 Å². The molecule has 0 aliphatic carbocycles. The van der Waals surface area contributed by atoms with Crippen LogP contribution in [-0.4, -0.2) is 31.0 Å². The van der Waals surface area contributed by atoms with Gasteiger partial charge < -0.3 is 18.7 Å². The van der Waals surface area contributed by atoms with Crippen molar-refractivity contribution in [2.75, 3.05) is 20.8 Å². The van der Waals surface area contributed by atoms with Gasteiger partial charge in [-0.1, -0.05) is 35.5 Å². The monoisotopic (exact) mass is 398 g/mol. The average Bonchev–Trinajstić information content (AvgIpc) is 3.23. The van der Waals surface area contributed by atoms with E-state index in [0.717, 1.165) is 16.9 Å². The van der Waals surface area contributed by atoms with Gasteiger partial charge in [-0.15, -0.1) is 0 Å². The van der Waals surface area contributed by atoms with Crippen molar-refractivity contribution in [1.29, 1.82) is 0 Å². The summed E-state index contributed by atoms with van der Waals surface area (Å²) in [6.07, 6.45) is 3.38. The van der Waals surface area contributed by atoms with Crippen LogP contribution >= 0.6 is 11.6 Å². The van der Waals surface area contributed by atoms with Crippen LogP contribution in [0.4, 0.5) is 0 Å². The summed E-state index contributed by atoms with van der Waals surface area (Å²) in [7, 11) is 3.18. The second-order valence-corrected chi connectivity index (χ2v) is 6.06. The maximum absolute atomic E-state index is 6.37. The van der Waals surface area contributed by atoms with Crippen LogP contribution in [0.25, 0.3) is 22.5 Å². The normalized spacial score (nSPS) is 11.2. The molecule has 0 aliphatic rings. The molecule has 3 aromatic rings. The van der Waals surface area contributed by atoms with Gasteiger partial charge >= 0.3 is 0 Å². The Balaban J connectivity index is 1.81. The highest BCUT2D eigenvalue weighted by molar-refractivity contribution is 6.50. The second-order valence-electron chi connectivity index (χ2n) is 5.65. The Hall–Kier alpha value is -3.25. The Morgan fingerprint density at radius 1 is 1.11 bits per heavy atom. The quantitative estimate of drug-likeness (QED) is 0.494. The van der Waals surface area contributed by atoms with Crippen molar-refractivity contribution >= 4 is 22.7 Å². The van der Waals surface area contributed by atoms with Gasteiger partial charge in [0.05, 0.1) is 14.2 Å². The minimum atomic E-state index is 0.221. The number of ether oxygens (including phenoxy) is 3. The van der Waals surface area contributed by atoms with Crippen molar-refractivity contribution in [3.05, 3.63) is 66.6 Å². The highest BCUT2D eigenvalue weighted by atomic mass is 35.5. The van der Waals surface area contributed by atoms with Gasteiger partial charge in [-0.25, -0.2) is 0 Å². The lowest BCUT2D eigenvalue weighted by Gasteiger charge is -2.09. The third kappa shape index (κ3) is 4.53. The SMILES string of the molecule is C=CCOc1ccc(/C=C(\Cl)c2nc(-c3ccc(OC)cc3)no2)cc1OC. The van der Waals surface area contributed by atoms with Crippen LogP contribution in [0.15, 0.2) is 59.6 Å². The van der Waals surface area contributed by atoms with Gasteiger partial charge in [-0.2, -0.15) is 4.98 Å². The van der Waals surface area contributed by atoms with Gasteiger partial charge in [0.25, 0.3) is 5.89 Å². The molecule has 28 heavy (non-hydrogen) atoms. The van der Waals surface area contributed by atoms with Gasteiger partial charge in [-0.3, -0.25) is 0 Å². The van der Waals surface area contributed by atoms with E-state index in [9.17, 15) is 0 Å². The fourth-order valence-electron chi connectivity index (χ4n) is 2.43. The molecule has 1 aromatic heterocycles. The molecule has 6 nitrogen and oxygen atoms in total. The molecule has 0 fully saturated rings. The Morgan fingerprint density at radius 3 is 2.57 bits per heavy atom. The van der Waals surface area contributed by atoms with Gasteiger partial charge in [0.2, 0.25) is 5.82 Å². The lowest BCUT2D eigenvalue weighted by atomic mass is 10.2. The summed E-state index contributed by atoms with van der Waals surface area (Å²) in [5.41, 5.74) is 1.60. The smallest absolute Gasteiger partial charge is 0.269 e. The fraction of sp³-hybridized carbons (Fsp3) is 0.143. The van der Waals surface area contributed by atoms with Crippen LogP contribution in [0, 0.1) is 0 Å². The van der Waals surface area contributed by atoms with Crippen molar-refractivity contribution < 1.29 is 18.7 Å². The maximum atomic E-state index is 6.37. The standard InChI is InChI=1S/C21H19ClN2O4/c1-4-11-27-18-10-5-14(13-19(18)26-3)12-17(22)21-23-20(24-28-21)15-6-8-16(25-2)9-7-15/h4-10,12-13H,1,11H2,2-3H3/b17-12-. The molecule has 0 amide bonds. The van der Waals surface area contributed by atoms with Crippen LogP contribution in [0.2, 0.25) is 0 Å². The first-order chi connectivity index (χ1) is 13.6. The summed E-state index contributed by atoms with van der Waals surface area (Å²) in [6, 6.07) is 12.8. The van der Waals surface area contributed by atoms with Gasteiger partial charge in [0.1, 0.15) is 17.4 Å². The third-order valence-electron chi connectivity index (χ3n) is 3.82. The Bertz CT molecular complexity index is 980. The highest BCUT2D eigenvalue weighted by Crippen LogP contribution is 2.31. The molecule has 3 rings (SSSR count). The van der Waals surface area contributed by atoms with Gasteiger partial charge in [-0.05, 0) is 48.0 Å². The number of nitrogens with zero attached hydrogens (tertiary/aromatic N) is 2. The number of halogens is 1. The van der Waals surface area contributed by atoms with Crippen molar-refractivity contribution in [1.82, 2.24) is 10.1 Å². The summed E-state index contributed by atoms with van der Waals surface area (Å²) < 4.78 is 21.3. The van der Waals surface area contributed by atoms with Crippen LogP contribution in [0.1, 0.15) is 11.5 Å². The minimum Gasteiger partial charge on any atom is -0.497 e. The van der Waals surface area contributed by atoms with Gasteiger partial charge in [0.15, 0.2) is 11.5 Å². The first-order valence-electron chi connectivity index (χ1n) is 8.42. The van der Waals surface area contributed by atoms with E-state index in [-0.39, 0.29) is 5.89 Å². The molecule has 0 N–H and O–H groups in total. The molecular formula is C21H19ClN2O4. The summed E-state index contributed by atoms with van der Waals surface area (Å²) in [5.74, 6) is 2.62. The van der Waals surface area contributed by atoms with Crippen LogP contribution in [0.5, 0.6) is 17.2 Å². The maximum Gasteiger partial charge on any atom is 0.269 e. The number of benzene rings is 2. The molecule has 0 spiro atoms. The molecule has 0 saturated heterocycles. The molecule has 144 valence electrons.